The van der Waals surface area contributed by atoms with Crippen LogP contribution in [0.3, 0.4) is 0 Å². The molecule has 2 rings (SSSR count). The Labute approximate surface area is 158 Å². The highest BCUT2D eigenvalue weighted by Crippen LogP contribution is 2.21. The zero-order valence-corrected chi connectivity index (χ0v) is 16.3. The molecule has 0 aliphatic carbocycles. The van der Waals surface area contributed by atoms with Gasteiger partial charge in [-0.15, -0.1) is 0 Å². The van der Waals surface area contributed by atoms with E-state index < -0.39 is 28.1 Å². The number of benzene rings is 2. The molecule has 8 heteroatoms. The van der Waals surface area contributed by atoms with Crippen LogP contribution < -0.4 is 4.72 Å². The van der Waals surface area contributed by atoms with E-state index in [2.05, 4.69) is 9.46 Å². The number of rotatable bonds is 6. The molecule has 0 saturated heterocycles. The maximum atomic E-state index is 12.7. The predicted molar refractivity (Wildman–Crippen MR) is 100 cm³/mol. The largest absolute Gasteiger partial charge is 0.466 e. The van der Waals surface area contributed by atoms with Gasteiger partial charge in [0.1, 0.15) is 0 Å². The summed E-state index contributed by atoms with van der Waals surface area (Å²) in [6, 6.07) is 11.0. The molecule has 0 spiro atoms. The maximum Gasteiger partial charge on any atom is 0.346 e. The second kappa shape index (κ2) is 8.22. The van der Waals surface area contributed by atoms with Crippen LogP contribution in [0.15, 0.2) is 47.4 Å². The lowest BCUT2D eigenvalue weighted by atomic mass is 10.2. The number of nitrogens with one attached hydrogen (secondary N) is 1. The Morgan fingerprint density at radius 1 is 1.07 bits per heavy atom. The number of hydrogen-bond acceptors (Lipinski definition) is 6. The number of carbonyl (C=O) groups is 2. The molecule has 0 aliphatic rings. The number of aryl methyl sites for hydroxylation is 2. The Kier molecular flexibility index (Phi) is 6.22. The van der Waals surface area contributed by atoms with Crippen molar-refractivity contribution < 1.29 is 27.5 Å². The average Bonchev–Trinajstić information content (AvgIpc) is 2.62. The first-order valence-electron chi connectivity index (χ1n) is 8.13. The molecule has 1 N–H and O–H groups in total. The van der Waals surface area contributed by atoms with Crippen LogP contribution in [0, 0.1) is 13.8 Å². The number of ether oxygens (including phenoxy) is 2. The van der Waals surface area contributed by atoms with E-state index in [0.717, 1.165) is 5.56 Å². The number of methoxy groups -OCH3 is 1. The van der Waals surface area contributed by atoms with Gasteiger partial charge in [0.05, 0.1) is 17.6 Å². The second-order valence-corrected chi connectivity index (χ2v) is 7.68. The van der Waals surface area contributed by atoms with Crippen LogP contribution in [0.4, 0.5) is 5.69 Å². The first-order chi connectivity index (χ1) is 12.6. The summed E-state index contributed by atoms with van der Waals surface area (Å²) in [4.78, 5) is 23.7. The Hall–Kier alpha value is -2.87. The molecule has 0 fully saturated rings. The fourth-order valence-corrected chi connectivity index (χ4v) is 3.74. The zero-order valence-electron chi connectivity index (χ0n) is 15.5. The Bertz CT molecular complexity index is 968. The van der Waals surface area contributed by atoms with Crippen molar-refractivity contribution in [1.29, 1.82) is 0 Å². The second-order valence-electron chi connectivity index (χ2n) is 6.03. The van der Waals surface area contributed by atoms with Gasteiger partial charge in [0, 0.05) is 5.69 Å². The summed E-state index contributed by atoms with van der Waals surface area (Å²) in [5, 5.41) is 0. The lowest BCUT2D eigenvalue weighted by molar-refractivity contribution is -0.149. The minimum absolute atomic E-state index is 0.104. The third-order valence-electron chi connectivity index (χ3n) is 3.80. The van der Waals surface area contributed by atoms with Gasteiger partial charge in [0.2, 0.25) is 0 Å². The molecular weight excluding hydrogens is 370 g/mol. The summed E-state index contributed by atoms with van der Waals surface area (Å²) >= 11 is 0. The Balaban J connectivity index is 2.23. The molecule has 7 nitrogen and oxygen atoms in total. The Morgan fingerprint density at radius 2 is 1.78 bits per heavy atom. The third-order valence-corrected chi connectivity index (χ3v) is 5.32. The molecule has 0 unspecified atom stereocenters. The molecule has 0 radical (unpaired) electrons. The number of esters is 2. The number of carbonyl (C=O) groups excluding carboxylic acids is 2. The van der Waals surface area contributed by atoms with Gasteiger partial charge in [-0.3, -0.25) is 4.72 Å². The fraction of sp³-hybridized carbons (Fsp3) is 0.263. The van der Waals surface area contributed by atoms with Crippen LogP contribution >= 0.6 is 0 Å². The van der Waals surface area contributed by atoms with E-state index in [1.165, 1.54) is 38.3 Å². The van der Waals surface area contributed by atoms with Crippen molar-refractivity contribution in [3.05, 3.63) is 59.2 Å². The van der Waals surface area contributed by atoms with Gasteiger partial charge in [-0.25, -0.2) is 18.0 Å². The SMILES string of the molecule is COC(=O)[C@H](C)OC(=O)c1cccc(NS(=O)(=O)c2cc(C)ccc2C)c1. The smallest absolute Gasteiger partial charge is 0.346 e. The quantitative estimate of drug-likeness (QED) is 0.760. The minimum Gasteiger partial charge on any atom is -0.466 e. The van der Waals surface area contributed by atoms with Gasteiger partial charge < -0.3 is 9.47 Å². The van der Waals surface area contributed by atoms with E-state index in [9.17, 15) is 18.0 Å². The van der Waals surface area contributed by atoms with Crippen molar-refractivity contribution in [1.82, 2.24) is 0 Å². The van der Waals surface area contributed by atoms with Crippen molar-refractivity contribution in [3.63, 3.8) is 0 Å². The summed E-state index contributed by atoms with van der Waals surface area (Å²) in [5.74, 6) is -1.45. The van der Waals surface area contributed by atoms with E-state index in [0.29, 0.717) is 5.56 Å². The van der Waals surface area contributed by atoms with Crippen LogP contribution in [-0.2, 0) is 24.3 Å². The number of anilines is 1. The average molecular weight is 391 g/mol. The van der Waals surface area contributed by atoms with E-state index in [4.69, 9.17) is 4.74 Å². The first-order valence-corrected chi connectivity index (χ1v) is 9.61. The third kappa shape index (κ3) is 5.07. The Morgan fingerprint density at radius 3 is 2.44 bits per heavy atom. The number of hydrogen-bond donors (Lipinski definition) is 1. The zero-order chi connectivity index (χ0) is 20.2. The molecule has 0 amide bonds. The van der Waals surface area contributed by atoms with Crippen LogP contribution in [-0.4, -0.2) is 33.6 Å². The topological polar surface area (TPSA) is 98.8 Å². The minimum atomic E-state index is -3.83. The van der Waals surface area contributed by atoms with E-state index >= 15 is 0 Å². The molecule has 144 valence electrons. The molecule has 0 heterocycles. The summed E-state index contributed by atoms with van der Waals surface area (Å²) in [6.45, 7) is 4.89. The fourth-order valence-electron chi connectivity index (χ4n) is 2.36. The lowest BCUT2D eigenvalue weighted by Crippen LogP contribution is -2.25. The lowest BCUT2D eigenvalue weighted by Gasteiger charge is -2.13. The molecule has 27 heavy (non-hydrogen) atoms. The summed E-state index contributed by atoms with van der Waals surface area (Å²) in [5.41, 5.74) is 1.73. The summed E-state index contributed by atoms with van der Waals surface area (Å²) in [7, 11) is -2.64. The summed E-state index contributed by atoms with van der Waals surface area (Å²) < 4.78 is 37.3. The monoisotopic (exact) mass is 391 g/mol. The van der Waals surface area contributed by atoms with Gasteiger partial charge >= 0.3 is 11.9 Å². The van der Waals surface area contributed by atoms with Crippen molar-refractivity contribution in [2.24, 2.45) is 0 Å². The molecule has 0 aliphatic heterocycles. The highest BCUT2D eigenvalue weighted by Gasteiger charge is 2.21. The van der Waals surface area contributed by atoms with Crippen LogP contribution in [0.1, 0.15) is 28.4 Å². The van der Waals surface area contributed by atoms with Gasteiger partial charge in [-0.05, 0) is 56.2 Å². The van der Waals surface area contributed by atoms with E-state index in [1.807, 2.05) is 6.07 Å². The van der Waals surface area contributed by atoms with Gasteiger partial charge in [-0.1, -0.05) is 18.2 Å². The number of sulfonamides is 1. The van der Waals surface area contributed by atoms with Gasteiger partial charge in [-0.2, -0.15) is 0 Å². The molecule has 0 aromatic heterocycles. The van der Waals surface area contributed by atoms with Crippen molar-refractivity contribution in [3.8, 4) is 0 Å². The molecule has 1 atom stereocenters. The van der Waals surface area contributed by atoms with Gasteiger partial charge in [0.15, 0.2) is 6.10 Å². The van der Waals surface area contributed by atoms with Gasteiger partial charge in [0.25, 0.3) is 10.0 Å². The van der Waals surface area contributed by atoms with Crippen molar-refractivity contribution >= 4 is 27.6 Å². The van der Waals surface area contributed by atoms with Crippen molar-refractivity contribution in [2.75, 3.05) is 11.8 Å². The van der Waals surface area contributed by atoms with Crippen LogP contribution in [0.2, 0.25) is 0 Å². The molecule has 0 saturated carbocycles. The standard InChI is InChI=1S/C19H21NO6S/c1-12-8-9-13(2)17(10-12)27(23,24)20-16-7-5-6-15(11-16)19(22)26-14(3)18(21)25-4/h5-11,14,20H,1-4H3/t14-/m0/s1. The van der Waals surface area contributed by atoms with E-state index in [1.54, 1.807) is 26.0 Å². The molecule has 2 aromatic rings. The highest BCUT2D eigenvalue weighted by molar-refractivity contribution is 7.92. The van der Waals surface area contributed by atoms with E-state index in [-0.39, 0.29) is 16.1 Å². The summed E-state index contributed by atoms with van der Waals surface area (Å²) in [6.07, 6.45) is -1.07. The van der Waals surface area contributed by atoms with Crippen LogP contribution in [0.5, 0.6) is 0 Å². The molecule has 0 bridgehead atoms. The molecule has 2 aromatic carbocycles. The highest BCUT2D eigenvalue weighted by atomic mass is 32.2. The maximum absolute atomic E-state index is 12.7. The van der Waals surface area contributed by atoms with Crippen LogP contribution in [0.25, 0.3) is 0 Å². The van der Waals surface area contributed by atoms with Crippen molar-refractivity contribution in [2.45, 2.75) is 31.8 Å². The first kappa shape index (κ1) is 20.4. The predicted octanol–water partition coefficient (Wildman–Crippen LogP) is 2.82. The normalized spacial score (nSPS) is 12.1. The molecular formula is C19H21NO6S.